The van der Waals surface area contributed by atoms with Gasteiger partial charge in [0.15, 0.2) is 0 Å². The molecule has 0 radical (unpaired) electrons. The maximum atomic E-state index is 13.0. The van der Waals surface area contributed by atoms with E-state index in [0.29, 0.717) is 0 Å². The number of aromatic nitrogens is 3. The van der Waals surface area contributed by atoms with Gasteiger partial charge in [0.05, 0.1) is 17.6 Å². The molecule has 2 unspecified atom stereocenters. The smallest absolute Gasteiger partial charge is 0.273 e. The zero-order chi connectivity index (χ0) is 14.2. The second-order valence-electron chi connectivity index (χ2n) is 3.97. The van der Waals surface area contributed by atoms with Gasteiger partial charge in [-0.05, 0) is 6.07 Å². The quantitative estimate of drug-likeness (QED) is 0.853. The Hall–Kier alpha value is -2.05. The van der Waals surface area contributed by atoms with Crippen LogP contribution in [-0.2, 0) is 0 Å². The Kier molecular flexibility index (Phi) is 3.46. The van der Waals surface area contributed by atoms with Gasteiger partial charge in [-0.2, -0.15) is 0 Å². The van der Waals surface area contributed by atoms with E-state index in [1.807, 2.05) is 18.8 Å². The molecule has 19 heavy (non-hydrogen) atoms. The molecule has 3 rings (SSSR count). The van der Waals surface area contributed by atoms with Crippen LogP contribution in [0.5, 0.6) is 0 Å². The van der Waals surface area contributed by atoms with Gasteiger partial charge in [0.1, 0.15) is 17.6 Å². The van der Waals surface area contributed by atoms with Crippen LogP contribution in [0.1, 0.15) is 26.3 Å². The van der Waals surface area contributed by atoms with E-state index in [1.54, 1.807) is 0 Å². The lowest BCUT2D eigenvalue weighted by atomic mass is 10.3. The van der Waals surface area contributed by atoms with Crippen molar-refractivity contribution < 1.29 is 8.78 Å². The molecule has 1 saturated carbocycles. The summed E-state index contributed by atoms with van der Waals surface area (Å²) in [5.74, 6) is -0.680. The molecule has 0 aliphatic heterocycles. The summed E-state index contributed by atoms with van der Waals surface area (Å²) in [7, 11) is 0. The number of nitrogens with zero attached hydrogens (tertiary/aromatic N) is 2. The molecule has 0 spiro atoms. The van der Waals surface area contributed by atoms with Gasteiger partial charge < -0.3 is 0 Å². The fourth-order valence-electron chi connectivity index (χ4n) is 1.84. The molecule has 5 nitrogen and oxygen atoms in total. The molecule has 1 fully saturated rings. The average Bonchev–Trinajstić information content (AvgIpc) is 3.09. The number of hydrogen-bond acceptors (Lipinski definition) is 3. The van der Waals surface area contributed by atoms with E-state index in [0.717, 1.165) is 16.8 Å². The van der Waals surface area contributed by atoms with Crippen LogP contribution in [0.2, 0.25) is 0 Å². The first-order chi connectivity index (χ1) is 9.08. The lowest BCUT2D eigenvalue weighted by Gasteiger charge is -2.06. The maximum Gasteiger partial charge on any atom is 0.330 e. The van der Waals surface area contributed by atoms with Gasteiger partial charge in [-0.25, -0.2) is 18.6 Å². The molecule has 102 valence electrons. The SMILES string of the molecule is CC.O=c1[nH]c(=O)n(C2CC2F)c2ncc(F)cc12. The first kappa shape index (κ1) is 13.4. The van der Waals surface area contributed by atoms with E-state index in [4.69, 9.17) is 0 Å². The van der Waals surface area contributed by atoms with Gasteiger partial charge in [-0.1, -0.05) is 13.8 Å². The molecule has 0 bridgehead atoms. The van der Waals surface area contributed by atoms with E-state index < -0.39 is 29.3 Å². The van der Waals surface area contributed by atoms with E-state index >= 15 is 0 Å². The van der Waals surface area contributed by atoms with Gasteiger partial charge in [0.2, 0.25) is 0 Å². The lowest BCUT2D eigenvalue weighted by molar-refractivity contribution is 0.439. The summed E-state index contributed by atoms with van der Waals surface area (Å²) in [6.07, 6.45) is -0.0124. The fourth-order valence-corrected chi connectivity index (χ4v) is 1.84. The highest BCUT2D eigenvalue weighted by molar-refractivity contribution is 5.73. The van der Waals surface area contributed by atoms with Crippen LogP contribution in [-0.4, -0.2) is 20.7 Å². The van der Waals surface area contributed by atoms with Gasteiger partial charge in [-0.3, -0.25) is 14.3 Å². The number of nitrogens with one attached hydrogen (secondary N) is 1. The number of fused-ring (bicyclic) bond motifs is 1. The molecule has 0 saturated heterocycles. The van der Waals surface area contributed by atoms with Crippen LogP contribution in [0, 0.1) is 5.82 Å². The number of halogens is 2. The highest BCUT2D eigenvalue weighted by atomic mass is 19.1. The number of pyridine rings is 1. The molecular weight excluding hydrogens is 256 g/mol. The molecule has 0 amide bonds. The molecule has 2 aromatic heterocycles. The van der Waals surface area contributed by atoms with Crippen molar-refractivity contribution in [2.45, 2.75) is 32.5 Å². The van der Waals surface area contributed by atoms with Crippen LogP contribution in [0.4, 0.5) is 8.78 Å². The Morgan fingerprint density at radius 2 is 2.05 bits per heavy atom. The topological polar surface area (TPSA) is 67.8 Å². The minimum atomic E-state index is -1.12. The molecule has 1 N–H and O–H groups in total. The van der Waals surface area contributed by atoms with Crippen molar-refractivity contribution >= 4 is 11.0 Å². The van der Waals surface area contributed by atoms with Crippen LogP contribution in [0.25, 0.3) is 11.0 Å². The maximum absolute atomic E-state index is 13.0. The predicted molar refractivity (Wildman–Crippen MR) is 66.5 cm³/mol. The third-order valence-electron chi connectivity index (χ3n) is 2.76. The molecule has 2 atom stereocenters. The Balaban J connectivity index is 0.000000637. The standard InChI is InChI=1S/C10H7F2N3O2.C2H6/c11-4-1-5-8(13-3-4)15(7-2-6(7)12)10(17)14-9(5)16;1-2/h1,3,6-7H,2H2,(H,14,16,17);1-2H3. The van der Waals surface area contributed by atoms with Crippen molar-refractivity contribution in [3.05, 3.63) is 38.9 Å². The zero-order valence-electron chi connectivity index (χ0n) is 10.5. The molecule has 0 aromatic carbocycles. The Bertz CT molecular complexity index is 723. The highest BCUT2D eigenvalue weighted by Gasteiger charge is 2.41. The van der Waals surface area contributed by atoms with Gasteiger partial charge in [-0.15, -0.1) is 0 Å². The fraction of sp³-hybridized carbons (Fsp3) is 0.417. The Morgan fingerprint density at radius 1 is 1.42 bits per heavy atom. The first-order valence-corrected chi connectivity index (χ1v) is 6.02. The van der Waals surface area contributed by atoms with E-state index in [-0.39, 0.29) is 17.5 Å². The van der Waals surface area contributed by atoms with Crippen LogP contribution in [0.15, 0.2) is 21.9 Å². The molecular formula is C12H13F2N3O2. The Morgan fingerprint density at radius 3 is 2.63 bits per heavy atom. The van der Waals surface area contributed by atoms with E-state index in [1.165, 1.54) is 0 Å². The number of alkyl halides is 1. The van der Waals surface area contributed by atoms with Crippen LogP contribution in [0.3, 0.4) is 0 Å². The van der Waals surface area contributed by atoms with E-state index in [2.05, 4.69) is 4.98 Å². The Labute approximate surface area is 106 Å². The molecule has 7 heteroatoms. The van der Waals surface area contributed by atoms with E-state index in [9.17, 15) is 18.4 Å². The molecule has 2 aromatic rings. The summed E-state index contributed by atoms with van der Waals surface area (Å²) in [6, 6.07) is 0.368. The van der Waals surface area contributed by atoms with Crippen molar-refractivity contribution in [2.75, 3.05) is 0 Å². The van der Waals surface area contributed by atoms with Gasteiger partial charge >= 0.3 is 5.69 Å². The minimum absolute atomic E-state index is 0.0188. The largest absolute Gasteiger partial charge is 0.330 e. The average molecular weight is 269 g/mol. The third kappa shape index (κ3) is 2.27. The van der Waals surface area contributed by atoms with Gasteiger partial charge in [0, 0.05) is 6.42 Å². The van der Waals surface area contributed by atoms with Crippen molar-refractivity contribution in [3.8, 4) is 0 Å². The summed E-state index contributed by atoms with van der Waals surface area (Å²) >= 11 is 0. The third-order valence-corrected chi connectivity index (χ3v) is 2.76. The van der Waals surface area contributed by atoms with Crippen molar-refractivity contribution in [1.29, 1.82) is 0 Å². The lowest BCUT2D eigenvalue weighted by Crippen LogP contribution is -2.31. The normalized spacial score (nSPS) is 20.8. The molecule has 1 aliphatic rings. The number of hydrogen-bond donors (Lipinski definition) is 1. The summed E-state index contributed by atoms with van der Waals surface area (Å²) in [5.41, 5.74) is -1.42. The summed E-state index contributed by atoms with van der Waals surface area (Å²) < 4.78 is 27.0. The number of aromatic amines is 1. The number of H-pyrrole nitrogens is 1. The predicted octanol–water partition coefficient (Wildman–Crippen LogP) is 1.53. The number of rotatable bonds is 1. The van der Waals surface area contributed by atoms with Crippen LogP contribution < -0.4 is 11.2 Å². The van der Waals surface area contributed by atoms with Crippen molar-refractivity contribution in [3.63, 3.8) is 0 Å². The molecule has 1 aliphatic carbocycles. The highest BCUT2D eigenvalue weighted by Crippen LogP contribution is 2.38. The van der Waals surface area contributed by atoms with Crippen molar-refractivity contribution in [2.24, 2.45) is 0 Å². The second-order valence-corrected chi connectivity index (χ2v) is 3.97. The van der Waals surface area contributed by atoms with Crippen molar-refractivity contribution in [1.82, 2.24) is 14.5 Å². The minimum Gasteiger partial charge on any atom is -0.273 e. The summed E-state index contributed by atoms with van der Waals surface area (Å²) in [6.45, 7) is 4.00. The monoisotopic (exact) mass is 269 g/mol. The van der Waals surface area contributed by atoms with Crippen LogP contribution >= 0.6 is 0 Å². The second kappa shape index (κ2) is 4.91. The molecule has 2 heterocycles. The van der Waals surface area contributed by atoms with Gasteiger partial charge in [0.25, 0.3) is 5.56 Å². The summed E-state index contributed by atoms with van der Waals surface area (Å²) in [4.78, 5) is 28.8. The summed E-state index contributed by atoms with van der Waals surface area (Å²) in [5, 5.41) is -0.0521. The zero-order valence-corrected chi connectivity index (χ0v) is 10.5. The first-order valence-electron chi connectivity index (χ1n) is 6.02.